The molecule has 0 aliphatic carbocycles. The molecule has 3 nitrogen and oxygen atoms in total. The number of benzene rings is 1. The molecule has 3 aromatic rings. The van der Waals surface area contributed by atoms with E-state index in [2.05, 4.69) is 37.1 Å². The number of rotatable bonds is 1. The first-order chi connectivity index (χ1) is 8.66. The number of hydrogen-bond acceptors (Lipinski definition) is 2. The van der Waals surface area contributed by atoms with E-state index < -0.39 is 0 Å². The summed E-state index contributed by atoms with van der Waals surface area (Å²) in [5.74, 6) is 0. The molecule has 0 bridgehead atoms. The molecule has 0 radical (unpaired) electrons. The monoisotopic (exact) mass is 237 g/mol. The van der Waals surface area contributed by atoms with Gasteiger partial charge >= 0.3 is 0 Å². The van der Waals surface area contributed by atoms with Gasteiger partial charge in [-0.2, -0.15) is 5.10 Å². The van der Waals surface area contributed by atoms with Crippen LogP contribution in [0.2, 0.25) is 0 Å². The summed E-state index contributed by atoms with van der Waals surface area (Å²) in [5, 5.41) is 4.33. The van der Waals surface area contributed by atoms with Gasteiger partial charge in [-0.3, -0.25) is 0 Å². The fourth-order valence-electron chi connectivity index (χ4n) is 2.22. The molecule has 3 rings (SSSR count). The lowest BCUT2D eigenvalue weighted by Crippen LogP contribution is -1.98. The lowest BCUT2D eigenvalue weighted by Gasteiger charge is -2.07. The Labute approximate surface area is 106 Å². The van der Waals surface area contributed by atoms with E-state index in [9.17, 15) is 0 Å². The smallest absolute Gasteiger partial charge is 0.158 e. The summed E-state index contributed by atoms with van der Waals surface area (Å²) in [6.45, 7) is 6.21. The van der Waals surface area contributed by atoms with Gasteiger partial charge in [0.15, 0.2) is 5.65 Å². The molecular formula is C15H15N3. The first kappa shape index (κ1) is 11.0. The standard InChI is InChI=1S/C15H15N3/c1-10-6-4-5-7-13(10)14-8-12(3)18-15(17-14)11(2)9-16-18/h4-9H,1-3H3. The first-order valence-electron chi connectivity index (χ1n) is 6.05. The number of aromatic nitrogens is 3. The molecule has 0 spiro atoms. The number of aryl methyl sites for hydroxylation is 3. The quantitative estimate of drug-likeness (QED) is 0.650. The Kier molecular flexibility index (Phi) is 2.40. The SMILES string of the molecule is Cc1ccccc1-c1cc(C)n2ncc(C)c2n1. The van der Waals surface area contributed by atoms with Gasteiger partial charge in [-0.1, -0.05) is 24.3 Å². The van der Waals surface area contributed by atoms with Crippen LogP contribution in [0.1, 0.15) is 16.8 Å². The molecule has 0 atom stereocenters. The van der Waals surface area contributed by atoms with Crippen LogP contribution in [0.25, 0.3) is 16.9 Å². The minimum Gasteiger partial charge on any atom is -0.228 e. The molecular weight excluding hydrogens is 222 g/mol. The van der Waals surface area contributed by atoms with E-state index in [-0.39, 0.29) is 0 Å². The van der Waals surface area contributed by atoms with Crippen LogP contribution < -0.4 is 0 Å². The van der Waals surface area contributed by atoms with Crippen LogP contribution in [0.4, 0.5) is 0 Å². The van der Waals surface area contributed by atoms with Crippen molar-refractivity contribution < 1.29 is 0 Å². The molecule has 0 fully saturated rings. The van der Waals surface area contributed by atoms with E-state index in [1.54, 1.807) is 0 Å². The second-order valence-electron chi connectivity index (χ2n) is 4.66. The second kappa shape index (κ2) is 3.95. The summed E-state index contributed by atoms with van der Waals surface area (Å²) in [6, 6.07) is 10.4. The predicted octanol–water partition coefficient (Wildman–Crippen LogP) is 3.32. The van der Waals surface area contributed by atoms with Crippen molar-refractivity contribution in [3.05, 3.63) is 53.3 Å². The fraction of sp³-hybridized carbons (Fsp3) is 0.200. The maximum atomic E-state index is 4.73. The third kappa shape index (κ3) is 1.59. The largest absolute Gasteiger partial charge is 0.228 e. The van der Waals surface area contributed by atoms with Crippen LogP contribution in [0, 0.1) is 20.8 Å². The lowest BCUT2D eigenvalue weighted by atomic mass is 10.1. The van der Waals surface area contributed by atoms with Crippen LogP contribution in [0.3, 0.4) is 0 Å². The third-order valence-electron chi connectivity index (χ3n) is 3.25. The number of hydrogen-bond donors (Lipinski definition) is 0. The van der Waals surface area contributed by atoms with Gasteiger partial charge in [-0.15, -0.1) is 0 Å². The highest BCUT2D eigenvalue weighted by Gasteiger charge is 2.09. The van der Waals surface area contributed by atoms with Crippen LogP contribution >= 0.6 is 0 Å². The van der Waals surface area contributed by atoms with Crippen molar-refractivity contribution in [1.82, 2.24) is 14.6 Å². The Hall–Kier alpha value is -2.16. The van der Waals surface area contributed by atoms with Gasteiger partial charge in [0.25, 0.3) is 0 Å². The Morgan fingerprint density at radius 1 is 1.00 bits per heavy atom. The summed E-state index contributed by atoms with van der Waals surface area (Å²) < 4.78 is 1.89. The van der Waals surface area contributed by atoms with Gasteiger partial charge in [-0.25, -0.2) is 9.50 Å². The van der Waals surface area contributed by atoms with E-state index >= 15 is 0 Å². The maximum Gasteiger partial charge on any atom is 0.158 e. The van der Waals surface area contributed by atoms with Crippen molar-refractivity contribution in [3.63, 3.8) is 0 Å². The molecule has 90 valence electrons. The summed E-state index contributed by atoms with van der Waals surface area (Å²) in [5.41, 5.74) is 6.59. The van der Waals surface area contributed by atoms with Crippen molar-refractivity contribution in [2.45, 2.75) is 20.8 Å². The Morgan fingerprint density at radius 2 is 1.78 bits per heavy atom. The second-order valence-corrected chi connectivity index (χ2v) is 4.66. The highest BCUT2D eigenvalue weighted by atomic mass is 15.2. The van der Waals surface area contributed by atoms with Gasteiger partial charge in [0.2, 0.25) is 0 Å². The molecule has 18 heavy (non-hydrogen) atoms. The van der Waals surface area contributed by atoms with Crippen LogP contribution in [-0.4, -0.2) is 14.6 Å². The molecule has 0 saturated carbocycles. The van der Waals surface area contributed by atoms with Crippen LogP contribution in [-0.2, 0) is 0 Å². The average molecular weight is 237 g/mol. The molecule has 0 aliphatic heterocycles. The molecule has 1 aromatic carbocycles. The molecule has 2 aromatic heterocycles. The molecule has 0 N–H and O–H groups in total. The Balaban J connectivity index is 2.31. The highest BCUT2D eigenvalue weighted by molar-refractivity contribution is 5.66. The summed E-state index contributed by atoms with van der Waals surface area (Å²) >= 11 is 0. The topological polar surface area (TPSA) is 30.2 Å². The van der Waals surface area contributed by atoms with Crippen LogP contribution in [0.15, 0.2) is 36.5 Å². The molecule has 0 amide bonds. The number of nitrogens with zero attached hydrogens (tertiary/aromatic N) is 3. The van der Waals surface area contributed by atoms with Gasteiger partial charge in [0.1, 0.15) is 0 Å². The van der Waals surface area contributed by atoms with Gasteiger partial charge in [0, 0.05) is 16.8 Å². The van der Waals surface area contributed by atoms with E-state index in [0.717, 1.165) is 22.6 Å². The van der Waals surface area contributed by atoms with Crippen molar-refractivity contribution in [2.75, 3.05) is 0 Å². The Morgan fingerprint density at radius 3 is 2.56 bits per heavy atom. The van der Waals surface area contributed by atoms with Crippen molar-refractivity contribution in [2.24, 2.45) is 0 Å². The molecule has 2 heterocycles. The van der Waals surface area contributed by atoms with E-state index in [4.69, 9.17) is 4.98 Å². The fourth-order valence-corrected chi connectivity index (χ4v) is 2.22. The van der Waals surface area contributed by atoms with Crippen molar-refractivity contribution >= 4 is 5.65 Å². The summed E-state index contributed by atoms with van der Waals surface area (Å²) in [6.07, 6.45) is 1.86. The van der Waals surface area contributed by atoms with Crippen molar-refractivity contribution in [1.29, 1.82) is 0 Å². The van der Waals surface area contributed by atoms with E-state index in [0.29, 0.717) is 0 Å². The predicted molar refractivity (Wildman–Crippen MR) is 72.6 cm³/mol. The zero-order valence-corrected chi connectivity index (χ0v) is 10.8. The summed E-state index contributed by atoms with van der Waals surface area (Å²) in [4.78, 5) is 4.73. The maximum absolute atomic E-state index is 4.73. The molecule has 0 unspecified atom stereocenters. The lowest BCUT2D eigenvalue weighted by molar-refractivity contribution is 0.896. The molecule has 0 aliphatic rings. The first-order valence-corrected chi connectivity index (χ1v) is 6.05. The van der Waals surface area contributed by atoms with E-state index in [1.165, 1.54) is 11.1 Å². The highest BCUT2D eigenvalue weighted by Crippen LogP contribution is 2.23. The van der Waals surface area contributed by atoms with Crippen molar-refractivity contribution in [3.8, 4) is 11.3 Å². The minimum atomic E-state index is 0.938. The van der Waals surface area contributed by atoms with Gasteiger partial charge in [-0.05, 0) is 32.4 Å². The van der Waals surface area contributed by atoms with Crippen LogP contribution in [0.5, 0.6) is 0 Å². The molecule has 3 heteroatoms. The number of fused-ring (bicyclic) bond motifs is 1. The average Bonchev–Trinajstić information content (AvgIpc) is 2.72. The van der Waals surface area contributed by atoms with E-state index in [1.807, 2.05) is 29.8 Å². The summed E-state index contributed by atoms with van der Waals surface area (Å²) in [7, 11) is 0. The molecule has 0 saturated heterocycles. The minimum absolute atomic E-state index is 0.938. The third-order valence-corrected chi connectivity index (χ3v) is 3.25. The normalized spacial score (nSPS) is 11.1. The Bertz CT molecular complexity index is 726. The zero-order valence-electron chi connectivity index (χ0n) is 10.8. The van der Waals surface area contributed by atoms with Gasteiger partial charge < -0.3 is 0 Å². The zero-order chi connectivity index (χ0) is 12.7. The van der Waals surface area contributed by atoms with Gasteiger partial charge in [0.05, 0.1) is 11.9 Å².